The first-order chi connectivity index (χ1) is 12.2. The molecule has 0 aliphatic carbocycles. The average molecular weight is 336 g/mol. The van der Waals surface area contributed by atoms with Crippen LogP contribution in [-0.2, 0) is 11.3 Å². The van der Waals surface area contributed by atoms with Crippen LogP contribution < -0.4 is 5.32 Å². The number of nitrogens with zero attached hydrogens (tertiary/aromatic N) is 3. The quantitative estimate of drug-likeness (QED) is 0.853. The second-order valence-corrected chi connectivity index (χ2v) is 6.56. The molecule has 0 saturated carbocycles. The van der Waals surface area contributed by atoms with E-state index in [0.717, 1.165) is 37.3 Å². The van der Waals surface area contributed by atoms with Crippen LogP contribution in [0.15, 0.2) is 55.0 Å². The fraction of sp³-hybridized carbons (Fsp3) is 0.350. The lowest BCUT2D eigenvalue weighted by molar-refractivity contribution is -0.117. The minimum atomic E-state index is -0.0427. The van der Waals surface area contributed by atoms with Gasteiger partial charge in [0.25, 0.3) is 0 Å². The summed E-state index contributed by atoms with van der Waals surface area (Å²) in [6.07, 6.45) is 9.63. The van der Waals surface area contributed by atoms with E-state index in [1.54, 1.807) is 24.5 Å². The fourth-order valence-corrected chi connectivity index (χ4v) is 3.19. The number of carbonyl (C=O) groups excluding carboxylic acids is 1. The summed E-state index contributed by atoms with van der Waals surface area (Å²) < 4.78 is 0. The zero-order valence-corrected chi connectivity index (χ0v) is 14.5. The van der Waals surface area contributed by atoms with Crippen molar-refractivity contribution < 1.29 is 4.79 Å². The van der Waals surface area contributed by atoms with Gasteiger partial charge in [-0.05, 0) is 42.2 Å². The number of hydrogen-bond acceptors (Lipinski definition) is 4. The molecule has 0 unspecified atom stereocenters. The minimum absolute atomic E-state index is 0.0427. The van der Waals surface area contributed by atoms with Gasteiger partial charge in [-0.25, -0.2) is 0 Å². The van der Waals surface area contributed by atoms with Crippen molar-refractivity contribution in [2.75, 3.05) is 13.1 Å². The highest BCUT2D eigenvalue weighted by Crippen LogP contribution is 2.18. The first kappa shape index (κ1) is 17.3. The molecule has 2 aromatic rings. The molecule has 130 valence electrons. The van der Waals surface area contributed by atoms with Crippen LogP contribution in [0.1, 0.15) is 24.6 Å². The lowest BCUT2D eigenvalue weighted by Gasteiger charge is -2.37. The summed E-state index contributed by atoms with van der Waals surface area (Å²) in [5.74, 6) is 0.368. The van der Waals surface area contributed by atoms with E-state index in [-0.39, 0.29) is 11.9 Å². The van der Waals surface area contributed by atoms with Crippen molar-refractivity contribution in [3.8, 4) is 0 Å². The molecule has 1 aliphatic rings. The lowest BCUT2D eigenvalue weighted by Crippen LogP contribution is -2.49. The van der Waals surface area contributed by atoms with E-state index in [9.17, 15) is 4.79 Å². The van der Waals surface area contributed by atoms with Crippen molar-refractivity contribution in [2.45, 2.75) is 25.9 Å². The maximum atomic E-state index is 12.2. The van der Waals surface area contributed by atoms with Crippen molar-refractivity contribution in [1.29, 1.82) is 0 Å². The second-order valence-electron chi connectivity index (χ2n) is 6.56. The van der Waals surface area contributed by atoms with E-state index in [1.807, 2.05) is 30.5 Å². The molecular formula is C20H24N4O. The third-order valence-corrected chi connectivity index (χ3v) is 4.54. The largest absolute Gasteiger partial charge is 0.349 e. The Bertz CT molecular complexity index is 702. The molecular weight excluding hydrogens is 312 g/mol. The van der Waals surface area contributed by atoms with Crippen molar-refractivity contribution >= 4 is 12.0 Å². The number of carbonyl (C=O) groups is 1. The molecule has 5 heteroatoms. The molecule has 5 nitrogen and oxygen atoms in total. The van der Waals surface area contributed by atoms with Crippen LogP contribution in [0.25, 0.3) is 6.08 Å². The average Bonchev–Trinajstić information content (AvgIpc) is 2.64. The van der Waals surface area contributed by atoms with Crippen LogP contribution in [0.3, 0.4) is 0 Å². The Morgan fingerprint density at radius 1 is 1.32 bits per heavy atom. The summed E-state index contributed by atoms with van der Waals surface area (Å²) in [7, 11) is 0. The summed E-state index contributed by atoms with van der Waals surface area (Å²) in [6.45, 7) is 5.00. The van der Waals surface area contributed by atoms with Crippen molar-refractivity contribution in [1.82, 2.24) is 20.2 Å². The standard InChI is InChI=1S/C20H24N4O/c1-16-14-24(15-18-6-2-3-11-22-18)12-9-19(16)23-20(25)8-7-17-5-4-10-21-13-17/h2-8,10-11,13,16,19H,9,12,14-15H2,1H3,(H,23,25)/b8-7+/t16-,19+/m0/s1. The topological polar surface area (TPSA) is 58.1 Å². The Hall–Kier alpha value is -2.53. The smallest absolute Gasteiger partial charge is 0.244 e. The van der Waals surface area contributed by atoms with Gasteiger partial charge in [-0.1, -0.05) is 19.1 Å². The van der Waals surface area contributed by atoms with Crippen LogP contribution in [0.2, 0.25) is 0 Å². The highest BCUT2D eigenvalue weighted by Gasteiger charge is 2.26. The Balaban J connectivity index is 1.48. The minimum Gasteiger partial charge on any atom is -0.349 e. The molecule has 0 radical (unpaired) electrons. The van der Waals surface area contributed by atoms with Crippen LogP contribution in [0.5, 0.6) is 0 Å². The van der Waals surface area contributed by atoms with E-state index in [1.165, 1.54) is 0 Å². The third kappa shape index (κ3) is 5.22. The second kappa shape index (κ2) is 8.53. The van der Waals surface area contributed by atoms with Crippen molar-refractivity contribution in [2.24, 2.45) is 5.92 Å². The maximum absolute atomic E-state index is 12.2. The Labute approximate surface area is 148 Å². The molecule has 3 heterocycles. The summed E-state index contributed by atoms with van der Waals surface area (Å²) in [5, 5.41) is 3.13. The molecule has 3 rings (SSSR count). The van der Waals surface area contributed by atoms with E-state index in [2.05, 4.69) is 33.2 Å². The molecule has 2 aromatic heterocycles. The Morgan fingerprint density at radius 2 is 2.24 bits per heavy atom. The number of amides is 1. The summed E-state index contributed by atoms with van der Waals surface area (Å²) in [6, 6.07) is 10.0. The van der Waals surface area contributed by atoms with Crippen LogP contribution in [-0.4, -0.2) is 39.9 Å². The molecule has 1 N–H and O–H groups in total. The summed E-state index contributed by atoms with van der Waals surface area (Å²) in [4.78, 5) is 23.0. The maximum Gasteiger partial charge on any atom is 0.244 e. The number of hydrogen-bond donors (Lipinski definition) is 1. The zero-order valence-electron chi connectivity index (χ0n) is 14.5. The molecule has 1 amide bonds. The van der Waals surface area contributed by atoms with Gasteiger partial charge in [0.1, 0.15) is 0 Å². The van der Waals surface area contributed by atoms with Gasteiger partial charge >= 0.3 is 0 Å². The lowest BCUT2D eigenvalue weighted by atomic mass is 9.93. The molecule has 0 aromatic carbocycles. The first-order valence-electron chi connectivity index (χ1n) is 8.71. The van der Waals surface area contributed by atoms with Gasteiger partial charge in [-0.15, -0.1) is 0 Å². The molecule has 25 heavy (non-hydrogen) atoms. The normalized spacial score (nSPS) is 21.3. The summed E-state index contributed by atoms with van der Waals surface area (Å²) >= 11 is 0. The van der Waals surface area contributed by atoms with Gasteiger partial charge in [0.15, 0.2) is 0 Å². The van der Waals surface area contributed by atoms with Crippen molar-refractivity contribution in [3.63, 3.8) is 0 Å². The highest BCUT2D eigenvalue weighted by molar-refractivity contribution is 5.91. The summed E-state index contributed by atoms with van der Waals surface area (Å²) in [5.41, 5.74) is 2.02. The van der Waals surface area contributed by atoms with Crippen LogP contribution in [0, 0.1) is 5.92 Å². The van der Waals surface area contributed by atoms with E-state index >= 15 is 0 Å². The SMILES string of the molecule is C[C@H]1CN(Cc2ccccn2)CC[C@H]1NC(=O)/C=C/c1cccnc1. The predicted octanol–water partition coefficient (Wildman–Crippen LogP) is 2.52. The van der Waals surface area contributed by atoms with Gasteiger partial charge in [0.2, 0.25) is 5.91 Å². The van der Waals surface area contributed by atoms with Gasteiger partial charge in [0, 0.05) is 50.3 Å². The number of rotatable bonds is 5. The first-order valence-corrected chi connectivity index (χ1v) is 8.71. The number of piperidine rings is 1. The van der Waals surface area contributed by atoms with Crippen molar-refractivity contribution in [3.05, 3.63) is 66.3 Å². The van der Waals surface area contributed by atoms with Gasteiger partial charge < -0.3 is 5.32 Å². The van der Waals surface area contributed by atoms with E-state index in [0.29, 0.717) is 5.92 Å². The van der Waals surface area contributed by atoms with Gasteiger partial charge in [-0.2, -0.15) is 0 Å². The zero-order chi connectivity index (χ0) is 17.5. The number of pyridine rings is 2. The molecule has 1 saturated heterocycles. The van der Waals surface area contributed by atoms with E-state index in [4.69, 9.17) is 0 Å². The molecule has 1 aliphatic heterocycles. The molecule has 0 bridgehead atoms. The number of aromatic nitrogens is 2. The van der Waals surface area contributed by atoms with Gasteiger partial charge in [0.05, 0.1) is 5.69 Å². The van der Waals surface area contributed by atoms with Crippen LogP contribution >= 0.6 is 0 Å². The molecule has 2 atom stereocenters. The molecule has 1 fully saturated rings. The number of nitrogens with one attached hydrogen (secondary N) is 1. The Morgan fingerprint density at radius 3 is 2.96 bits per heavy atom. The fourth-order valence-electron chi connectivity index (χ4n) is 3.19. The highest BCUT2D eigenvalue weighted by atomic mass is 16.1. The third-order valence-electron chi connectivity index (χ3n) is 4.54. The molecule has 0 spiro atoms. The Kier molecular flexibility index (Phi) is 5.90. The van der Waals surface area contributed by atoms with Crippen LogP contribution in [0.4, 0.5) is 0 Å². The monoisotopic (exact) mass is 336 g/mol. The predicted molar refractivity (Wildman–Crippen MR) is 98.5 cm³/mol. The van der Waals surface area contributed by atoms with E-state index < -0.39 is 0 Å². The number of likely N-dealkylation sites (tertiary alicyclic amines) is 1. The van der Waals surface area contributed by atoms with Gasteiger partial charge in [-0.3, -0.25) is 19.7 Å².